The Bertz CT molecular complexity index is 1020. The third-order valence-electron chi connectivity index (χ3n) is 3.97. The van der Waals surface area contributed by atoms with Gasteiger partial charge >= 0.3 is 0 Å². The highest BCUT2D eigenvalue weighted by Gasteiger charge is 2.20. The number of nitrogens with one attached hydrogen (secondary N) is 2. The Morgan fingerprint density at radius 2 is 1.93 bits per heavy atom. The van der Waals surface area contributed by atoms with Crippen molar-refractivity contribution in [3.05, 3.63) is 52.3 Å². The highest BCUT2D eigenvalue weighted by Crippen LogP contribution is 2.25. The molecule has 28 heavy (non-hydrogen) atoms. The molecule has 1 aromatic carbocycles. The standard InChI is InChI=1S/C19H19ClN4O3S/c1-10(2)15-8-14(17-11(3)24-27-19(17)21-15)18(26)23-22-16(25)9-28-13-6-4-12(20)5-7-13/h4-8,10H,9H2,1-3H3,(H,22,25)(H,23,26). The molecule has 7 nitrogen and oxygen atoms in total. The number of fused-ring (bicyclic) bond motifs is 1. The molecule has 9 heteroatoms. The molecule has 0 aliphatic heterocycles. The molecule has 0 saturated carbocycles. The molecule has 0 aliphatic rings. The summed E-state index contributed by atoms with van der Waals surface area (Å²) in [5.74, 6) is -0.529. The van der Waals surface area contributed by atoms with Gasteiger partial charge in [0.2, 0.25) is 5.91 Å². The predicted molar refractivity (Wildman–Crippen MR) is 108 cm³/mol. The molecule has 0 saturated heterocycles. The van der Waals surface area contributed by atoms with Gasteiger partial charge < -0.3 is 4.52 Å². The third-order valence-corrected chi connectivity index (χ3v) is 5.24. The van der Waals surface area contributed by atoms with Crippen LogP contribution in [0.25, 0.3) is 11.1 Å². The molecule has 0 aliphatic carbocycles. The number of thioether (sulfide) groups is 1. The summed E-state index contributed by atoms with van der Waals surface area (Å²) in [6, 6.07) is 8.86. The SMILES string of the molecule is Cc1noc2nc(C(C)C)cc(C(=O)NNC(=O)CSc3ccc(Cl)cc3)c12. The summed E-state index contributed by atoms with van der Waals surface area (Å²) in [5, 5.41) is 5.05. The maximum atomic E-state index is 12.7. The minimum absolute atomic E-state index is 0.103. The minimum atomic E-state index is -0.453. The average Bonchev–Trinajstić information content (AvgIpc) is 3.06. The molecule has 0 unspecified atom stereocenters. The first-order chi connectivity index (χ1) is 13.3. The van der Waals surface area contributed by atoms with Gasteiger partial charge in [0.25, 0.3) is 11.6 Å². The number of rotatable bonds is 5. The van der Waals surface area contributed by atoms with Gasteiger partial charge in [-0.1, -0.05) is 30.6 Å². The van der Waals surface area contributed by atoms with Crippen molar-refractivity contribution in [3.63, 3.8) is 0 Å². The number of nitrogens with zero attached hydrogens (tertiary/aromatic N) is 2. The summed E-state index contributed by atoms with van der Waals surface area (Å²) in [6.07, 6.45) is 0. The van der Waals surface area contributed by atoms with Crippen molar-refractivity contribution in [2.24, 2.45) is 0 Å². The Morgan fingerprint density at radius 3 is 2.61 bits per heavy atom. The van der Waals surface area contributed by atoms with Crippen LogP contribution >= 0.6 is 23.4 Å². The van der Waals surface area contributed by atoms with Gasteiger partial charge in [0.05, 0.1) is 22.4 Å². The van der Waals surface area contributed by atoms with Crippen molar-refractivity contribution in [1.82, 2.24) is 21.0 Å². The first kappa shape index (κ1) is 20.2. The monoisotopic (exact) mass is 418 g/mol. The molecule has 3 aromatic rings. The number of pyridine rings is 1. The second-order valence-electron chi connectivity index (χ2n) is 6.44. The summed E-state index contributed by atoms with van der Waals surface area (Å²) in [6.45, 7) is 5.67. The molecule has 0 spiro atoms. The molecule has 0 atom stereocenters. The number of halogens is 1. The van der Waals surface area contributed by atoms with E-state index in [-0.39, 0.29) is 17.6 Å². The molecule has 2 N–H and O–H groups in total. The largest absolute Gasteiger partial charge is 0.336 e. The molecule has 146 valence electrons. The maximum Gasteiger partial charge on any atom is 0.270 e. The van der Waals surface area contributed by atoms with Gasteiger partial charge in [-0.2, -0.15) is 0 Å². The van der Waals surface area contributed by atoms with Gasteiger partial charge in [0.1, 0.15) is 0 Å². The number of benzene rings is 1. The van der Waals surface area contributed by atoms with Crippen LogP contribution in [0.2, 0.25) is 5.02 Å². The van der Waals surface area contributed by atoms with Crippen molar-refractivity contribution in [2.45, 2.75) is 31.6 Å². The van der Waals surface area contributed by atoms with E-state index < -0.39 is 5.91 Å². The van der Waals surface area contributed by atoms with Crippen LogP contribution in [0.1, 0.15) is 41.5 Å². The molecule has 2 heterocycles. The Hall–Kier alpha value is -2.58. The second kappa shape index (κ2) is 8.62. The van der Waals surface area contributed by atoms with E-state index in [0.29, 0.717) is 33.1 Å². The fourth-order valence-electron chi connectivity index (χ4n) is 2.50. The van der Waals surface area contributed by atoms with E-state index in [2.05, 4.69) is 21.0 Å². The number of hydrogen-bond acceptors (Lipinski definition) is 6. The lowest BCUT2D eigenvalue weighted by molar-refractivity contribution is -0.119. The minimum Gasteiger partial charge on any atom is -0.336 e. The fraction of sp³-hybridized carbons (Fsp3) is 0.263. The van der Waals surface area contributed by atoms with E-state index >= 15 is 0 Å². The van der Waals surface area contributed by atoms with E-state index in [1.807, 2.05) is 26.0 Å². The number of hydrogen-bond donors (Lipinski definition) is 2. The van der Waals surface area contributed by atoms with Crippen LogP contribution in [0.5, 0.6) is 0 Å². The number of carbonyl (C=O) groups excluding carboxylic acids is 2. The van der Waals surface area contributed by atoms with E-state index in [0.717, 1.165) is 4.90 Å². The molecule has 0 bridgehead atoms. The Kier molecular flexibility index (Phi) is 6.21. The average molecular weight is 419 g/mol. The highest BCUT2D eigenvalue weighted by atomic mass is 35.5. The first-order valence-electron chi connectivity index (χ1n) is 8.59. The third kappa shape index (κ3) is 4.63. The lowest BCUT2D eigenvalue weighted by Gasteiger charge is -2.10. The van der Waals surface area contributed by atoms with Crippen LogP contribution < -0.4 is 10.9 Å². The zero-order chi connectivity index (χ0) is 20.3. The summed E-state index contributed by atoms with van der Waals surface area (Å²) in [5.41, 5.74) is 6.81. The Labute approximate surface area is 171 Å². The van der Waals surface area contributed by atoms with Gasteiger partial charge in [-0.05, 0) is 43.2 Å². The summed E-state index contributed by atoms with van der Waals surface area (Å²) >= 11 is 7.18. The van der Waals surface area contributed by atoms with Crippen molar-refractivity contribution in [2.75, 3.05) is 5.75 Å². The Morgan fingerprint density at radius 1 is 1.21 bits per heavy atom. The first-order valence-corrected chi connectivity index (χ1v) is 9.96. The summed E-state index contributed by atoms with van der Waals surface area (Å²) < 4.78 is 5.21. The number of amides is 2. The van der Waals surface area contributed by atoms with Crippen LogP contribution in [0.4, 0.5) is 0 Å². The smallest absolute Gasteiger partial charge is 0.270 e. The molecular weight excluding hydrogens is 400 g/mol. The van der Waals surface area contributed by atoms with Gasteiger partial charge in [-0.15, -0.1) is 11.8 Å². The number of carbonyl (C=O) groups is 2. The van der Waals surface area contributed by atoms with Crippen molar-refractivity contribution >= 4 is 46.3 Å². The molecule has 0 fully saturated rings. The molecular formula is C19H19ClN4O3S. The summed E-state index contributed by atoms with van der Waals surface area (Å²) in [4.78, 5) is 30.0. The lowest BCUT2D eigenvalue weighted by atomic mass is 10.0. The van der Waals surface area contributed by atoms with Crippen molar-refractivity contribution in [3.8, 4) is 0 Å². The van der Waals surface area contributed by atoms with E-state index in [9.17, 15) is 9.59 Å². The molecule has 2 amide bonds. The van der Waals surface area contributed by atoms with Gasteiger partial charge in [-0.25, -0.2) is 4.98 Å². The van der Waals surface area contributed by atoms with Crippen molar-refractivity contribution < 1.29 is 14.1 Å². The molecule has 0 radical (unpaired) electrons. The highest BCUT2D eigenvalue weighted by molar-refractivity contribution is 8.00. The zero-order valence-corrected chi connectivity index (χ0v) is 17.1. The van der Waals surface area contributed by atoms with Gasteiger partial charge in [0.15, 0.2) is 0 Å². The zero-order valence-electron chi connectivity index (χ0n) is 15.6. The second-order valence-corrected chi connectivity index (χ2v) is 7.93. The Balaban J connectivity index is 1.66. The number of aryl methyl sites for hydroxylation is 1. The lowest BCUT2D eigenvalue weighted by Crippen LogP contribution is -2.42. The van der Waals surface area contributed by atoms with Crippen LogP contribution in [0.3, 0.4) is 0 Å². The predicted octanol–water partition coefficient (Wildman–Crippen LogP) is 3.86. The quantitative estimate of drug-likeness (QED) is 0.482. The number of hydrazine groups is 1. The normalized spacial score (nSPS) is 11.0. The molecule has 3 rings (SSSR count). The summed E-state index contributed by atoms with van der Waals surface area (Å²) in [7, 11) is 0. The van der Waals surface area contributed by atoms with E-state index in [4.69, 9.17) is 16.1 Å². The van der Waals surface area contributed by atoms with Crippen LogP contribution in [0, 0.1) is 6.92 Å². The van der Waals surface area contributed by atoms with Gasteiger partial charge in [0, 0.05) is 15.6 Å². The maximum absolute atomic E-state index is 12.7. The van der Waals surface area contributed by atoms with Gasteiger partial charge in [-0.3, -0.25) is 20.4 Å². The topological polar surface area (TPSA) is 97.1 Å². The van der Waals surface area contributed by atoms with Crippen molar-refractivity contribution in [1.29, 1.82) is 0 Å². The van der Waals surface area contributed by atoms with Crippen LogP contribution in [0.15, 0.2) is 39.8 Å². The number of aromatic nitrogens is 2. The molecule has 2 aromatic heterocycles. The van der Waals surface area contributed by atoms with Crippen LogP contribution in [-0.2, 0) is 4.79 Å². The van der Waals surface area contributed by atoms with E-state index in [1.165, 1.54) is 11.8 Å². The van der Waals surface area contributed by atoms with Crippen LogP contribution in [-0.4, -0.2) is 27.7 Å². The fourth-order valence-corrected chi connectivity index (χ4v) is 3.32. The van der Waals surface area contributed by atoms with E-state index in [1.54, 1.807) is 25.1 Å².